The number of hydrogen-bond acceptors (Lipinski definition) is 4. The minimum Gasteiger partial charge on any atom is -0.389 e. The number of hydrogen-bond donors (Lipinski definition) is 1. The number of allylic oxidation sites excluding steroid dienone is 1. The zero-order valence-electron chi connectivity index (χ0n) is 19.5. The Kier molecular flexibility index (Phi) is 4.38. The molecule has 0 saturated heterocycles. The molecule has 1 heterocycles. The van der Waals surface area contributed by atoms with Crippen LogP contribution in [0.3, 0.4) is 0 Å². The third-order valence-corrected chi connectivity index (χ3v) is 10.6. The van der Waals surface area contributed by atoms with Crippen LogP contribution >= 0.6 is 0 Å². The molecule has 3 fully saturated rings. The molecule has 0 aromatic heterocycles. The molecule has 0 bridgehead atoms. The summed E-state index contributed by atoms with van der Waals surface area (Å²) in [6.07, 6.45) is 8.52. The molecule has 1 aromatic rings. The van der Waals surface area contributed by atoms with Gasteiger partial charge in [0.05, 0.1) is 17.7 Å². The molecular weight excluding hydrogens is 398 g/mol. The van der Waals surface area contributed by atoms with Crippen molar-refractivity contribution in [1.82, 2.24) is 0 Å². The summed E-state index contributed by atoms with van der Waals surface area (Å²) in [7, 11) is 0. The van der Waals surface area contributed by atoms with E-state index in [0.717, 1.165) is 49.8 Å². The van der Waals surface area contributed by atoms with Crippen molar-refractivity contribution in [2.24, 2.45) is 39.7 Å². The van der Waals surface area contributed by atoms with Gasteiger partial charge in [-0.2, -0.15) is 0 Å². The highest BCUT2D eigenvalue weighted by Gasteiger charge is 2.73. The maximum absolute atomic E-state index is 12.1. The zero-order valence-corrected chi connectivity index (χ0v) is 19.5. The van der Waals surface area contributed by atoms with E-state index in [0.29, 0.717) is 30.0 Å². The van der Waals surface area contributed by atoms with Crippen LogP contribution in [-0.4, -0.2) is 28.3 Å². The number of oxime groups is 1. The molecule has 1 aliphatic heterocycles. The van der Waals surface area contributed by atoms with Crippen LogP contribution < -0.4 is 0 Å². The molecule has 8 atom stereocenters. The van der Waals surface area contributed by atoms with Crippen LogP contribution in [-0.2, 0) is 9.63 Å². The first-order valence-electron chi connectivity index (χ1n) is 12.5. The van der Waals surface area contributed by atoms with Crippen LogP contribution in [0.25, 0.3) is 0 Å². The van der Waals surface area contributed by atoms with Gasteiger partial charge in [0.15, 0.2) is 11.4 Å². The lowest BCUT2D eigenvalue weighted by Crippen LogP contribution is -2.60. The van der Waals surface area contributed by atoms with Crippen molar-refractivity contribution >= 4 is 11.5 Å². The second-order valence-corrected chi connectivity index (χ2v) is 11.6. The summed E-state index contributed by atoms with van der Waals surface area (Å²) in [6.45, 7) is 6.71. The third kappa shape index (κ3) is 2.42. The quantitative estimate of drug-likeness (QED) is 0.689. The second-order valence-electron chi connectivity index (χ2n) is 11.6. The van der Waals surface area contributed by atoms with Gasteiger partial charge in [0.25, 0.3) is 0 Å². The van der Waals surface area contributed by atoms with Crippen LogP contribution in [0.1, 0.15) is 71.3 Å². The van der Waals surface area contributed by atoms with Gasteiger partial charge in [0.2, 0.25) is 0 Å². The summed E-state index contributed by atoms with van der Waals surface area (Å²) >= 11 is 0. The maximum Gasteiger partial charge on any atom is 0.177 e. The van der Waals surface area contributed by atoms with Gasteiger partial charge in [-0.25, -0.2) is 0 Å². The molecule has 4 aliphatic carbocycles. The third-order valence-electron chi connectivity index (χ3n) is 10.6. The molecule has 0 radical (unpaired) electrons. The van der Waals surface area contributed by atoms with Crippen molar-refractivity contribution in [2.45, 2.75) is 77.4 Å². The topological polar surface area (TPSA) is 58.9 Å². The summed E-state index contributed by atoms with van der Waals surface area (Å²) in [5.41, 5.74) is 2.95. The van der Waals surface area contributed by atoms with Crippen molar-refractivity contribution in [3.8, 4) is 0 Å². The normalized spacial score (nSPS) is 45.6. The highest BCUT2D eigenvalue weighted by atomic mass is 16.7. The Hall–Kier alpha value is -1.94. The van der Waals surface area contributed by atoms with Gasteiger partial charge < -0.3 is 9.94 Å². The van der Waals surface area contributed by atoms with Crippen molar-refractivity contribution in [3.05, 3.63) is 47.5 Å². The second kappa shape index (κ2) is 6.79. The number of carbonyl (C=O) groups excluding carboxylic acids is 1. The molecule has 170 valence electrons. The molecule has 1 aromatic carbocycles. The van der Waals surface area contributed by atoms with E-state index in [2.05, 4.69) is 43.3 Å². The highest BCUT2D eigenvalue weighted by Crippen LogP contribution is 2.71. The van der Waals surface area contributed by atoms with Gasteiger partial charge in [-0.15, -0.1) is 0 Å². The molecule has 5 aliphatic rings. The lowest BCUT2D eigenvalue weighted by molar-refractivity contribution is -0.200. The Labute approximate surface area is 191 Å². The number of ketones is 1. The molecule has 1 N–H and O–H groups in total. The number of aliphatic hydroxyl groups is 1. The first-order valence-corrected chi connectivity index (χ1v) is 12.5. The van der Waals surface area contributed by atoms with E-state index in [9.17, 15) is 9.90 Å². The summed E-state index contributed by atoms with van der Waals surface area (Å²) in [5, 5.41) is 15.8. The Morgan fingerprint density at radius 1 is 1.09 bits per heavy atom. The average Bonchev–Trinajstić information content (AvgIpc) is 3.29. The van der Waals surface area contributed by atoms with Crippen molar-refractivity contribution in [3.63, 3.8) is 0 Å². The van der Waals surface area contributed by atoms with E-state index < -0.39 is 11.7 Å². The highest BCUT2D eigenvalue weighted by molar-refractivity contribution is 6.04. The standard InChI is InChI=1S/C28H35NO3/c1-17(30)28-24(25(29-32-28)18-7-5-4-6-8-18)16-23-21-10-9-19-15-20(31)11-13-26(19,2)22(21)12-14-27(23,28)3/h4-8,15,17,21-24,30H,9-14,16H2,1-3H3/t17?,21-,22+,23+,24+,26+,27+,28-/m1/s1. The molecule has 1 unspecified atom stereocenters. The van der Waals surface area contributed by atoms with Crippen LogP contribution in [0.15, 0.2) is 47.1 Å². The zero-order chi connectivity index (χ0) is 22.3. The van der Waals surface area contributed by atoms with Gasteiger partial charge >= 0.3 is 0 Å². The number of nitrogens with zero attached hydrogens (tertiary/aromatic N) is 1. The van der Waals surface area contributed by atoms with Crippen molar-refractivity contribution < 1.29 is 14.7 Å². The van der Waals surface area contributed by atoms with Crippen molar-refractivity contribution in [1.29, 1.82) is 0 Å². The van der Waals surface area contributed by atoms with E-state index in [4.69, 9.17) is 4.84 Å². The van der Waals surface area contributed by atoms with Gasteiger partial charge in [0.1, 0.15) is 0 Å². The first-order chi connectivity index (χ1) is 15.3. The predicted molar refractivity (Wildman–Crippen MR) is 124 cm³/mol. The minimum absolute atomic E-state index is 0.102. The Morgan fingerprint density at radius 3 is 2.62 bits per heavy atom. The molecule has 32 heavy (non-hydrogen) atoms. The first kappa shape index (κ1) is 20.7. The Balaban J connectivity index is 1.40. The molecule has 3 saturated carbocycles. The molecule has 4 nitrogen and oxygen atoms in total. The molecule has 0 amide bonds. The number of rotatable bonds is 2. The van der Waals surface area contributed by atoms with Gasteiger partial charge in [-0.1, -0.05) is 54.9 Å². The van der Waals surface area contributed by atoms with E-state index in [1.807, 2.05) is 19.1 Å². The Bertz CT molecular complexity index is 1010. The number of benzene rings is 1. The van der Waals surface area contributed by atoms with Gasteiger partial charge in [-0.05, 0) is 80.3 Å². The lowest BCUT2D eigenvalue weighted by Gasteiger charge is -2.59. The monoisotopic (exact) mass is 433 g/mol. The molecule has 6 rings (SSSR count). The number of fused-ring (bicyclic) bond motifs is 7. The largest absolute Gasteiger partial charge is 0.389 e. The van der Waals surface area contributed by atoms with Crippen molar-refractivity contribution in [2.75, 3.05) is 0 Å². The summed E-state index contributed by atoms with van der Waals surface area (Å²) in [4.78, 5) is 18.5. The van der Waals surface area contributed by atoms with E-state index in [1.165, 1.54) is 5.57 Å². The lowest BCUT2D eigenvalue weighted by atomic mass is 9.46. The molecule has 0 spiro atoms. The summed E-state index contributed by atoms with van der Waals surface area (Å²) in [6, 6.07) is 10.4. The van der Waals surface area contributed by atoms with E-state index in [1.54, 1.807) is 0 Å². The SMILES string of the molecule is CC(O)[C@@]12ON=C(c3ccccc3)[C@@H]1C[C@H]1[C@@H]3CCC4=CC(=O)CC[C@]4(C)[C@H]3CC[C@@]12C. The maximum atomic E-state index is 12.1. The van der Waals surface area contributed by atoms with E-state index >= 15 is 0 Å². The molecule has 4 heteroatoms. The number of aliphatic hydroxyl groups excluding tert-OH is 1. The fourth-order valence-corrected chi connectivity index (χ4v) is 9.00. The van der Waals surface area contributed by atoms with Gasteiger partial charge in [0, 0.05) is 11.8 Å². The van der Waals surface area contributed by atoms with Gasteiger partial charge in [-0.3, -0.25) is 4.79 Å². The van der Waals surface area contributed by atoms with Crippen LogP contribution in [0.5, 0.6) is 0 Å². The minimum atomic E-state index is -0.645. The predicted octanol–water partition coefficient (Wildman–Crippen LogP) is 5.30. The van der Waals surface area contributed by atoms with Crippen LogP contribution in [0.2, 0.25) is 0 Å². The summed E-state index contributed by atoms with van der Waals surface area (Å²) in [5.74, 6) is 2.18. The Morgan fingerprint density at radius 2 is 1.88 bits per heavy atom. The van der Waals surface area contributed by atoms with Crippen LogP contribution in [0.4, 0.5) is 0 Å². The number of carbonyl (C=O) groups is 1. The summed E-state index contributed by atoms with van der Waals surface area (Å²) < 4.78 is 0. The fourth-order valence-electron chi connectivity index (χ4n) is 9.00. The average molecular weight is 434 g/mol. The smallest absolute Gasteiger partial charge is 0.177 e. The van der Waals surface area contributed by atoms with E-state index in [-0.39, 0.29) is 16.7 Å². The molecular formula is C28H35NO3. The van der Waals surface area contributed by atoms with Crippen LogP contribution in [0, 0.1) is 34.5 Å². The fraction of sp³-hybridized carbons (Fsp3) is 0.643.